The van der Waals surface area contributed by atoms with Crippen LogP contribution in [0, 0.1) is 0 Å². The fourth-order valence-electron chi connectivity index (χ4n) is 2.23. The van der Waals surface area contributed by atoms with Crippen molar-refractivity contribution in [1.82, 2.24) is 4.98 Å². The summed E-state index contributed by atoms with van der Waals surface area (Å²) in [6.07, 6.45) is 0.187. The normalized spacial score (nSPS) is 10.5. The van der Waals surface area contributed by atoms with Crippen LogP contribution in [0.15, 0.2) is 35.7 Å². The molecule has 0 radical (unpaired) electrons. The minimum Gasteiger partial charge on any atom is -0.497 e. The molecule has 8 heteroatoms. The average molecular weight is 395 g/mol. The lowest BCUT2D eigenvalue weighted by atomic mass is 10.1. The van der Waals surface area contributed by atoms with E-state index in [4.69, 9.17) is 21.1 Å². The van der Waals surface area contributed by atoms with Crippen molar-refractivity contribution in [3.8, 4) is 22.1 Å². The number of amides is 1. The van der Waals surface area contributed by atoms with Crippen LogP contribution >= 0.6 is 34.3 Å². The molecule has 1 aromatic carbocycles. The van der Waals surface area contributed by atoms with Crippen LogP contribution in [0.25, 0.3) is 10.6 Å². The number of rotatable bonds is 6. The fourth-order valence-corrected chi connectivity index (χ4v) is 4.04. The van der Waals surface area contributed by atoms with Crippen molar-refractivity contribution in [3.05, 3.63) is 45.6 Å². The van der Waals surface area contributed by atoms with Gasteiger partial charge in [0.15, 0.2) is 5.13 Å². The number of carbonyl (C=O) groups excluding carboxylic acids is 1. The molecule has 0 aliphatic carbocycles. The molecule has 0 atom stereocenters. The molecule has 0 fully saturated rings. The molecule has 0 saturated carbocycles. The van der Waals surface area contributed by atoms with E-state index in [0.29, 0.717) is 21.0 Å². The number of hydrogen-bond acceptors (Lipinski definition) is 6. The van der Waals surface area contributed by atoms with Gasteiger partial charge in [0.2, 0.25) is 5.91 Å². The molecule has 1 amide bonds. The quantitative estimate of drug-likeness (QED) is 0.656. The van der Waals surface area contributed by atoms with E-state index in [0.717, 1.165) is 16.1 Å². The largest absolute Gasteiger partial charge is 0.497 e. The first-order valence-corrected chi connectivity index (χ1v) is 9.38. The van der Waals surface area contributed by atoms with Gasteiger partial charge in [0, 0.05) is 17.0 Å². The van der Waals surface area contributed by atoms with Crippen molar-refractivity contribution in [1.29, 1.82) is 0 Å². The highest BCUT2D eigenvalue weighted by Crippen LogP contribution is 2.33. The van der Waals surface area contributed by atoms with Gasteiger partial charge in [-0.15, -0.1) is 22.7 Å². The fraction of sp³-hybridized carbons (Fsp3) is 0.176. The van der Waals surface area contributed by atoms with Gasteiger partial charge in [-0.2, -0.15) is 0 Å². The number of benzene rings is 1. The number of ether oxygens (including phenoxy) is 2. The number of nitrogens with zero attached hydrogens (tertiary/aromatic N) is 1. The van der Waals surface area contributed by atoms with Crippen LogP contribution in [0.5, 0.6) is 11.5 Å². The molecular formula is C17H15ClN2O3S2. The number of thiophene rings is 1. The second kappa shape index (κ2) is 7.86. The smallest absolute Gasteiger partial charge is 0.230 e. The molecule has 0 unspecified atom stereocenters. The van der Waals surface area contributed by atoms with E-state index < -0.39 is 0 Å². The first kappa shape index (κ1) is 17.7. The van der Waals surface area contributed by atoms with E-state index in [2.05, 4.69) is 10.3 Å². The highest BCUT2D eigenvalue weighted by atomic mass is 35.5. The number of halogens is 1. The molecule has 5 nitrogen and oxygen atoms in total. The van der Waals surface area contributed by atoms with Gasteiger partial charge in [0.25, 0.3) is 0 Å². The lowest BCUT2D eigenvalue weighted by Crippen LogP contribution is -2.14. The van der Waals surface area contributed by atoms with Crippen LogP contribution in [0.1, 0.15) is 5.56 Å². The molecule has 0 saturated heterocycles. The molecule has 0 aliphatic heterocycles. The predicted molar refractivity (Wildman–Crippen MR) is 102 cm³/mol. The van der Waals surface area contributed by atoms with E-state index in [1.807, 2.05) is 23.6 Å². The third-order valence-corrected chi connectivity index (χ3v) is 5.43. The summed E-state index contributed by atoms with van der Waals surface area (Å²) < 4.78 is 11.2. The standard InChI is InChI=1S/C17H15ClN2O3S2/c1-22-11-4-3-10(13(8-11)23-2)7-16(21)20-17-19-12(9-24-17)14-5-6-15(18)25-14/h3-6,8-9H,7H2,1-2H3,(H,19,20,21). The zero-order chi connectivity index (χ0) is 17.8. The molecule has 1 N–H and O–H groups in total. The third kappa shape index (κ3) is 4.31. The van der Waals surface area contributed by atoms with Crippen molar-refractivity contribution in [2.45, 2.75) is 6.42 Å². The van der Waals surface area contributed by atoms with Crippen molar-refractivity contribution in [2.24, 2.45) is 0 Å². The van der Waals surface area contributed by atoms with Gasteiger partial charge in [-0.05, 0) is 18.2 Å². The maximum absolute atomic E-state index is 12.3. The summed E-state index contributed by atoms with van der Waals surface area (Å²) in [6, 6.07) is 9.11. The summed E-state index contributed by atoms with van der Waals surface area (Å²) in [4.78, 5) is 17.7. The predicted octanol–water partition coefficient (Wildman–Crippen LogP) is 4.72. The zero-order valence-corrected chi connectivity index (χ0v) is 15.9. The van der Waals surface area contributed by atoms with E-state index in [1.165, 1.54) is 22.7 Å². The second-order valence-corrected chi connectivity index (χ2v) is 7.62. The van der Waals surface area contributed by atoms with Gasteiger partial charge in [0.05, 0.1) is 35.5 Å². The number of thiazole rings is 1. The highest BCUT2D eigenvalue weighted by Gasteiger charge is 2.13. The van der Waals surface area contributed by atoms with Gasteiger partial charge in [-0.3, -0.25) is 4.79 Å². The number of carbonyl (C=O) groups is 1. The number of anilines is 1. The van der Waals surface area contributed by atoms with Crippen LogP contribution in [0.2, 0.25) is 4.34 Å². The Morgan fingerprint density at radius 2 is 2.08 bits per heavy atom. The molecular weight excluding hydrogens is 380 g/mol. The molecule has 2 heterocycles. The monoisotopic (exact) mass is 394 g/mol. The first-order chi connectivity index (χ1) is 12.1. The SMILES string of the molecule is COc1ccc(CC(=O)Nc2nc(-c3ccc(Cl)s3)cs2)c(OC)c1. The summed E-state index contributed by atoms with van der Waals surface area (Å²) in [5, 5.41) is 5.27. The molecule has 2 aromatic heterocycles. The Balaban J connectivity index is 1.68. The Labute approximate surface area is 158 Å². The number of methoxy groups -OCH3 is 2. The van der Waals surface area contributed by atoms with Crippen LogP contribution in [0.3, 0.4) is 0 Å². The summed E-state index contributed by atoms with van der Waals surface area (Å²) in [6.45, 7) is 0. The minimum atomic E-state index is -0.159. The molecule has 0 bridgehead atoms. The molecule has 0 aliphatic rings. The summed E-state index contributed by atoms with van der Waals surface area (Å²) in [7, 11) is 3.15. The van der Waals surface area contributed by atoms with Crippen LogP contribution < -0.4 is 14.8 Å². The molecule has 25 heavy (non-hydrogen) atoms. The number of hydrogen-bond donors (Lipinski definition) is 1. The van der Waals surface area contributed by atoms with Gasteiger partial charge >= 0.3 is 0 Å². The van der Waals surface area contributed by atoms with E-state index in [1.54, 1.807) is 26.4 Å². The van der Waals surface area contributed by atoms with Crippen LogP contribution in [0.4, 0.5) is 5.13 Å². The van der Waals surface area contributed by atoms with Gasteiger partial charge in [-0.1, -0.05) is 17.7 Å². The van der Waals surface area contributed by atoms with Crippen molar-refractivity contribution >= 4 is 45.3 Å². The lowest BCUT2D eigenvalue weighted by molar-refractivity contribution is -0.115. The van der Waals surface area contributed by atoms with E-state index in [-0.39, 0.29) is 12.3 Å². The summed E-state index contributed by atoms with van der Waals surface area (Å²) in [5.41, 5.74) is 1.59. The van der Waals surface area contributed by atoms with Crippen LogP contribution in [-0.2, 0) is 11.2 Å². The highest BCUT2D eigenvalue weighted by molar-refractivity contribution is 7.20. The van der Waals surface area contributed by atoms with E-state index >= 15 is 0 Å². The maximum atomic E-state index is 12.3. The summed E-state index contributed by atoms with van der Waals surface area (Å²) >= 11 is 8.78. The van der Waals surface area contributed by atoms with Crippen LogP contribution in [-0.4, -0.2) is 25.1 Å². The Morgan fingerprint density at radius 3 is 2.76 bits per heavy atom. The topological polar surface area (TPSA) is 60.5 Å². The number of aromatic nitrogens is 1. The Morgan fingerprint density at radius 1 is 1.24 bits per heavy atom. The average Bonchev–Trinajstić information content (AvgIpc) is 3.24. The molecule has 130 valence electrons. The Bertz CT molecular complexity index is 892. The minimum absolute atomic E-state index is 0.159. The van der Waals surface area contributed by atoms with Gasteiger partial charge in [0.1, 0.15) is 11.5 Å². The van der Waals surface area contributed by atoms with Gasteiger partial charge in [-0.25, -0.2) is 4.98 Å². The maximum Gasteiger partial charge on any atom is 0.230 e. The third-order valence-electron chi connectivity index (χ3n) is 3.42. The van der Waals surface area contributed by atoms with Crippen molar-refractivity contribution in [3.63, 3.8) is 0 Å². The molecule has 0 spiro atoms. The lowest BCUT2D eigenvalue weighted by Gasteiger charge is -2.10. The Hall–Kier alpha value is -2.09. The van der Waals surface area contributed by atoms with Crippen molar-refractivity contribution < 1.29 is 14.3 Å². The Kier molecular flexibility index (Phi) is 5.57. The first-order valence-electron chi connectivity index (χ1n) is 7.31. The number of nitrogens with one attached hydrogen (secondary N) is 1. The van der Waals surface area contributed by atoms with Crippen molar-refractivity contribution in [2.75, 3.05) is 19.5 Å². The van der Waals surface area contributed by atoms with Gasteiger partial charge < -0.3 is 14.8 Å². The zero-order valence-electron chi connectivity index (χ0n) is 13.5. The van der Waals surface area contributed by atoms with E-state index in [9.17, 15) is 4.79 Å². The molecule has 3 aromatic rings. The second-order valence-electron chi connectivity index (χ2n) is 5.04. The summed E-state index contributed by atoms with van der Waals surface area (Å²) in [5.74, 6) is 1.14. The molecule has 3 rings (SSSR count).